The van der Waals surface area contributed by atoms with Gasteiger partial charge in [-0.3, -0.25) is 5.01 Å². The quantitative estimate of drug-likeness (QED) is 0.607. The molecule has 0 saturated carbocycles. The highest BCUT2D eigenvalue weighted by molar-refractivity contribution is 5.70. The minimum Gasteiger partial charge on any atom is -0.270 e. The number of allylic oxidation sites excluding steroid dienone is 2. The van der Waals surface area contributed by atoms with E-state index >= 15 is 0 Å². The maximum Gasteiger partial charge on any atom is 0.0412 e. The van der Waals surface area contributed by atoms with Gasteiger partial charge in [-0.15, -0.1) is 0 Å². The molecule has 2 aliphatic rings. The second-order valence-electron chi connectivity index (χ2n) is 5.99. The van der Waals surface area contributed by atoms with Crippen molar-refractivity contribution in [2.45, 2.75) is 60.8 Å². The van der Waals surface area contributed by atoms with Crippen LogP contribution in [0.2, 0.25) is 0 Å². The maximum absolute atomic E-state index is 4.61. The number of nitrogens with zero attached hydrogens (tertiary/aromatic N) is 2. The summed E-state index contributed by atoms with van der Waals surface area (Å²) in [5.74, 6) is 0. The van der Waals surface area contributed by atoms with Gasteiger partial charge in [-0.25, -0.2) is 0 Å². The molecule has 0 spiro atoms. The van der Waals surface area contributed by atoms with Crippen molar-refractivity contribution in [3.63, 3.8) is 0 Å². The molecule has 0 amide bonds. The van der Waals surface area contributed by atoms with E-state index in [9.17, 15) is 0 Å². The van der Waals surface area contributed by atoms with E-state index in [1.54, 1.807) is 0 Å². The molecule has 0 aromatic carbocycles. The fourth-order valence-corrected chi connectivity index (χ4v) is 2.10. The summed E-state index contributed by atoms with van der Waals surface area (Å²) in [5, 5.41) is 6.79. The molecule has 2 rings (SSSR count). The molecule has 0 N–H and O–H groups in total. The van der Waals surface area contributed by atoms with E-state index in [-0.39, 0.29) is 10.8 Å². The van der Waals surface area contributed by atoms with E-state index in [1.165, 1.54) is 25.0 Å². The molecule has 0 aromatic heterocycles. The van der Waals surface area contributed by atoms with Gasteiger partial charge in [-0.1, -0.05) is 47.6 Å². The number of hydrogen-bond acceptors (Lipinski definition) is 2. The van der Waals surface area contributed by atoms with Crippen LogP contribution in [0.25, 0.3) is 0 Å². The molecule has 2 heterocycles. The van der Waals surface area contributed by atoms with E-state index in [1.807, 2.05) is 13.8 Å². The first-order valence-electron chi connectivity index (χ1n) is 6.97. The Bertz CT molecular complexity index is 309. The molecule has 0 aliphatic carbocycles. The van der Waals surface area contributed by atoms with Crippen LogP contribution in [0.5, 0.6) is 0 Å². The summed E-state index contributed by atoms with van der Waals surface area (Å²) in [5.41, 5.74) is 1.78. The number of rotatable bonds is 0. The van der Waals surface area contributed by atoms with Gasteiger partial charge in [0.1, 0.15) is 0 Å². The highest BCUT2D eigenvalue weighted by Gasteiger charge is 2.37. The first-order valence-corrected chi connectivity index (χ1v) is 6.97. The summed E-state index contributed by atoms with van der Waals surface area (Å²) in [4.78, 5) is 0. The van der Waals surface area contributed by atoms with Crippen molar-refractivity contribution in [3.05, 3.63) is 11.8 Å². The molecule has 1 unspecified atom stereocenters. The minimum atomic E-state index is 0.107. The number of hydrogen-bond donors (Lipinski definition) is 0. The van der Waals surface area contributed by atoms with Crippen molar-refractivity contribution in [1.29, 1.82) is 0 Å². The standard InChI is InChI=1S/C13H22N2.C2H6/c1-12(2,3)13(4)9-11-7-5-6-8-15(11)14-10-13;1-2/h9-10H,5-8H2,1-4H3;1-2H3. The summed E-state index contributed by atoms with van der Waals surface area (Å²) < 4.78 is 0. The molecular formula is C15H28N2. The molecule has 1 atom stereocenters. The Balaban J connectivity index is 0.000000686. The molecule has 0 radical (unpaired) electrons. The number of fused-ring (bicyclic) bond motifs is 1. The van der Waals surface area contributed by atoms with Crippen molar-refractivity contribution in [3.8, 4) is 0 Å². The average Bonchev–Trinajstić information content (AvgIpc) is 2.30. The third kappa shape index (κ3) is 2.91. The van der Waals surface area contributed by atoms with Gasteiger partial charge < -0.3 is 0 Å². The maximum atomic E-state index is 4.61. The molecule has 2 aliphatic heterocycles. The van der Waals surface area contributed by atoms with Crippen LogP contribution in [-0.2, 0) is 0 Å². The van der Waals surface area contributed by atoms with Gasteiger partial charge in [-0.2, -0.15) is 5.10 Å². The van der Waals surface area contributed by atoms with Gasteiger partial charge in [0.2, 0.25) is 0 Å². The minimum absolute atomic E-state index is 0.107. The highest BCUT2D eigenvalue weighted by atomic mass is 15.5. The van der Waals surface area contributed by atoms with Crippen LogP contribution in [0.3, 0.4) is 0 Å². The van der Waals surface area contributed by atoms with Crippen molar-refractivity contribution >= 4 is 6.21 Å². The van der Waals surface area contributed by atoms with Crippen LogP contribution in [0.4, 0.5) is 0 Å². The Hall–Kier alpha value is -0.790. The van der Waals surface area contributed by atoms with Gasteiger partial charge in [0.15, 0.2) is 0 Å². The lowest BCUT2D eigenvalue weighted by molar-refractivity contribution is 0.218. The monoisotopic (exact) mass is 236 g/mol. The smallest absolute Gasteiger partial charge is 0.0412 e. The van der Waals surface area contributed by atoms with Crippen LogP contribution >= 0.6 is 0 Å². The van der Waals surface area contributed by atoms with Gasteiger partial charge in [0, 0.05) is 23.9 Å². The molecule has 0 bridgehead atoms. The lowest BCUT2D eigenvalue weighted by Gasteiger charge is -2.42. The zero-order chi connectivity index (χ0) is 13.1. The van der Waals surface area contributed by atoms with Crippen molar-refractivity contribution in [1.82, 2.24) is 5.01 Å². The summed E-state index contributed by atoms with van der Waals surface area (Å²) >= 11 is 0. The van der Waals surface area contributed by atoms with E-state index < -0.39 is 0 Å². The normalized spacial score (nSPS) is 27.9. The fraction of sp³-hybridized carbons (Fsp3) is 0.800. The Morgan fingerprint density at radius 2 is 1.88 bits per heavy atom. The number of piperidine rings is 1. The van der Waals surface area contributed by atoms with Gasteiger partial charge in [0.25, 0.3) is 0 Å². The van der Waals surface area contributed by atoms with E-state index in [4.69, 9.17) is 0 Å². The largest absolute Gasteiger partial charge is 0.270 e. The molecule has 1 saturated heterocycles. The Morgan fingerprint density at radius 1 is 1.24 bits per heavy atom. The van der Waals surface area contributed by atoms with E-state index in [0.29, 0.717) is 0 Å². The van der Waals surface area contributed by atoms with E-state index in [2.05, 4.69) is 50.1 Å². The van der Waals surface area contributed by atoms with Crippen molar-refractivity contribution in [2.75, 3.05) is 6.54 Å². The molecule has 17 heavy (non-hydrogen) atoms. The first kappa shape index (κ1) is 14.3. The van der Waals surface area contributed by atoms with Gasteiger partial charge in [-0.05, 0) is 24.7 Å². The van der Waals surface area contributed by atoms with Gasteiger partial charge in [0.05, 0.1) is 0 Å². The second kappa shape index (κ2) is 5.24. The number of hydrazone groups is 1. The molecule has 2 heteroatoms. The van der Waals surface area contributed by atoms with Crippen molar-refractivity contribution in [2.24, 2.45) is 15.9 Å². The first-order chi connectivity index (χ1) is 7.92. The molecule has 0 aromatic rings. The van der Waals surface area contributed by atoms with Crippen LogP contribution in [0, 0.1) is 10.8 Å². The molecule has 98 valence electrons. The topological polar surface area (TPSA) is 15.6 Å². The zero-order valence-corrected chi connectivity index (χ0v) is 12.4. The summed E-state index contributed by atoms with van der Waals surface area (Å²) in [6.45, 7) is 14.2. The summed E-state index contributed by atoms with van der Waals surface area (Å²) in [6.07, 6.45) is 8.35. The Morgan fingerprint density at radius 3 is 2.47 bits per heavy atom. The predicted molar refractivity (Wildman–Crippen MR) is 76.0 cm³/mol. The molecule has 1 fully saturated rings. The third-order valence-corrected chi connectivity index (χ3v) is 3.93. The van der Waals surface area contributed by atoms with E-state index in [0.717, 1.165) is 6.54 Å². The summed E-state index contributed by atoms with van der Waals surface area (Å²) in [7, 11) is 0. The van der Waals surface area contributed by atoms with Crippen molar-refractivity contribution < 1.29 is 0 Å². The van der Waals surface area contributed by atoms with Crippen LogP contribution in [-0.4, -0.2) is 17.8 Å². The van der Waals surface area contributed by atoms with Crippen LogP contribution < -0.4 is 0 Å². The Labute approximate surface area is 107 Å². The fourth-order valence-electron chi connectivity index (χ4n) is 2.10. The van der Waals surface area contributed by atoms with Crippen LogP contribution in [0.15, 0.2) is 16.9 Å². The lowest BCUT2D eigenvalue weighted by atomic mass is 9.67. The zero-order valence-electron chi connectivity index (χ0n) is 12.4. The van der Waals surface area contributed by atoms with Crippen LogP contribution in [0.1, 0.15) is 60.8 Å². The average molecular weight is 236 g/mol. The summed E-state index contributed by atoms with van der Waals surface area (Å²) in [6, 6.07) is 0. The second-order valence-corrected chi connectivity index (χ2v) is 5.99. The SMILES string of the molecule is CC.CC(C)(C)C1(C)C=NN2CCCCC2=C1. The van der Waals surface area contributed by atoms with Gasteiger partial charge >= 0.3 is 0 Å². The predicted octanol–water partition coefficient (Wildman–Crippen LogP) is 4.43. The third-order valence-electron chi connectivity index (χ3n) is 3.93. The molecular weight excluding hydrogens is 208 g/mol. The Kier molecular flexibility index (Phi) is 4.40. The lowest BCUT2D eigenvalue weighted by Crippen LogP contribution is -2.39. The molecule has 2 nitrogen and oxygen atoms in total. The highest BCUT2D eigenvalue weighted by Crippen LogP contribution is 2.42.